The molecule has 104 valence electrons. The van der Waals surface area contributed by atoms with E-state index in [1.54, 1.807) is 0 Å². The van der Waals surface area contributed by atoms with Gasteiger partial charge in [-0.1, -0.05) is 19.9 Å². The zero-order valence-corrected chi connectivity index (χ0v) is 12.1. The molecule has 0 amide bonds. The third-order valence-corrected chi connectivity index (χ3v) is 3.76. The van der Waals surface area contributed by atoms with Gasteiger partial charge in [0.05, 0.1) is 7.11 Å². The summed E-state index contributed by atoms with van der Waals surface area (Å²) in [4.78, 5) is 16.3. The summed E-state index contributed by atoms with van der Waals surface area (Å²) in [7, 11) is 3.63. The second-order valence-corrected chi connectivity index (χ2v) is 4.88. The number of methoxy groups -OCH3 is 1. The van der Waals surface area contributed by atoms with Gasteiger partial charge in [-0.2, -0.15) is 0 Å². The standard InChI is InChI=1S/C14H26N2O2/c1-5-12(14(17)18-4)7-8-16-10-9-15(3)13(6-2)11-16/h7,13H,5-6,8-11H2,1-4H3. The maximum absolute atomic E-state index is 11.5. The quantitative estimate of drug-likeness (QED) is 0.550. The van der Waals surface area contributed by atoms with Crippen LogP contribution in [0.3, 0.4) is 0 Å². The van der Waals surface area contributed by atoms with Crippen molar-refractivity contribution >= 4 is 5.97 Å². The van der Waals surface area contributed by atoms with Crippen molar-refractivity contribution in [1.82, 2.24) is 9.80 Å². The van der Waals surface area contributed by atoms with E-state index in [1.807, 2.05) is 13.0 Å². The summed E-state index contributed by atoms with van der Waals surface area (Å²) in [6, 6.07) is 0.635. The molecule has 1 atom stereocenters. The highest BCUT2D eigenvalue weighted by molar-refractivity contribution is 5.88. The van der Waals surface area contributed by atoms with E-state index in [2.05, 4.69) is 23.8 Å². The van der Waals surface area contributed by atoms with E-state index in [1.165, 1.54) is 13.5 Å². The van der Waals surface area contributed by atoms with Crippen molar-refractivity contribution < 1.29 is 9.53 Å². The van der Waals surface area contributed by atoms with Crippen LogP contribution in [0.5, 0.6) is 0 Å². The van der Waals surface area contributed by atoms with E-state index in [4.69, 9.17) is 4.74 Å². The highest BCUT2D eigenvalue weighted by Crippen LogP contribution is 2.11. The second kappa shape index (κ2) is 7.54. The Morgan fingerprint density at radius 2 is 2.11 bits per heavy atom. The van der Waals surface area contributed by atoms with Gasteiger partial charge in [-0.3, -0.25) is 4.90 Å². The van der Waals surface area contributed by atoms with Crippen LogP contribution in [0.25, 0.3) is 0 Å². The fourth-order valence-electron chi connectivity index (χ4n) is 2.36. The van der Waals surface area contributed by atoms with Gasteiger partial charge in [0.1, 0.15) is 0 Å². The van der Waals surface area contributed by atoms with Crippen LogP contribution < -0.4 is 0 Å². The number of hydrogen-bond donors (Lipinski definition) is 0. The minimum absolute atomic E-state index is 0.196. The zero-order chi connectivity index (χ0) is 13.5. The Kier molecular flexibility index (Phi) is 6.36. The Bertz CT molecular complexity index is 302. The molecule has 1 aliphatic heterocycles. The summed E-state index contributed by atoms with van der Waals surface area (Å²) in [6.07, 6.45) is 3.93. The third-order valence-electron chi connectivity index (χ3n) is 3.76. The molecule has 1 rings (SSSR count). The summed E-state index contributed by atoms with van der Waals surface area (Å²) in [5.41, 5.74) is 0.782. The smallest absolute Gasteiger partial charge is 0.333 e. The molecule has 0 radical (unpaired) electrons. The van der Waals surface area contributed by atoms with Crippen LogP contribution in [0.4, 0.5) is 0 Å². The second-order valence-electron chi connectivity index (χ2n) is 4.88. The van der Waals surface area contributed by atoms with Crippen LogP contribution >= 0.6 is 0 Å². The first-order chi connectivity index (χ1) is 8.62. The number of hydrogen-bond acceptors (Lipinski definition) is 4. The maximum atomic E-state index is 11.5. The highest BCUT2D eigenvalue weighted by Gasteiger charge is 2.22. The van der Waals surface area contributed by atoms with Crippen molar-refractivity contribution in [2.45, 2.75) is 32.7 Å². The largest absolute Gasteiger partial charge is 0.466 e. The first-order valence-corrected chi connectivity index (χ1v) is 6.82. The number of carbonyl (C=O) groups excluding carboxylic acids is 1. The molecule has 1 fully saturated rings. The molecular formula is C14H26N2O2. The lowest BCUT2D eigenvalue weighted by molar-refractivity contribution is -0.136. The molecule has 1 saturated heterocycles. The molecule has 4 heteroatoms. The van der Waals surface area contributed by atoms with E-state index in [0.717, 1.165) is 38.2 Å². The Morgan fingerprint density at radius 1 is 1.39 bits per heavy atom. The molecule has 1 aliphatic rings. The summed E-state index contributed by atoms with van der Waals surface area (Å²) in [5.74, 6) is -0.196. The molecule has 0 aromatic carbocycles. The lowest BCUT2D eigenvalue weighted by Crippen LogP contribution is -2.51. The third kappa shape index (κ3) is 4.10. The minimum atomic E-state index is -0.196. The summed E-state index contributed by atoms with van der Waals surface area (Å²) in [5, 5.41) is 0. The lowest BCUT2D eigenvalue weighted by Gasteiger charge is -2.38. The molecule has 1 heterocycles. The predicted molar refractivity (Wildman–Crippen MR) is 73.5 cm³/mol. The van der Waals surface area contributed by atoms with Crippen LogP contribution in [0.15, 0.2) is 11.6 Å². The lowest BCUT2D eigenvalue weighted by atomic mass is 10.1. The molecule has 0 saturated carbocycles. The topological polar surface area (TPSA) is 32.8 Å². The van der Waals surface area contributed by atoms with Gasteiger partial charge in [0, 0.05) is 37.8 Å². The van der Waals surface area contributed by atoms with E-state index in [-0.39, 0.29) is 5.97 Å². The molecular weight excluding hydrogens is 228 g/mol. The fraction of sp³-hybridized carbons (Fsp3) is 0.786. The number of nitrogens with zero attached hydrogens (tertiary/aromatic N) is 2. The van der Waals surface area contributed by atoms with E-state index in [9.17, 15) is 4.79 Å². The van der Waals surface area contributed by atoms with Crippen molar-refractivity contribution in [3.8, 4) is 0 Å². The first-order valence-electron chi connectivity index (χ1n) is 6.82. The van der Waals surface area contributed by atoms with Gasteiger partial charge in [0.2, 0.25) is 0 Å². The number of rotatable bonds is 5. The van der Waals surface area contributed by atoms with Gasteiger partial charge < -0.3 is 9.64 Å². The van der Waals surface area contributed by atoms with Crippen LogP contribution in [0, 0.1) is 0 Å². The van der Waals surface area contributed by atoms with Crippen molar-refractivity contribution in [3.05, 3.63) is 11.6 Å². The van der Waals surface area contributed by atoms with Crippen LogP contribution in [0.1, 0.15) is 26.7 Å². The molecule has 0 bridgehead atoms. The predicted octanol–water partition coefficient (Wildman–Crippen LogP) is 1.52. The van der Waals surface area contributed by atoms with Crippen molar-refractivity contribution in [1.29, 1.82) is 0 Å². The van der Waals surface area contributed by atoms with Crippen molar-refractivity contribution in [2.24, 2.45) is 0 Å². The number of piperazine rings is 1. The van der Waals surface area contributed by atoms with Crippen molar-refractivity contribution in [3.63, 3.8) is 0 Å². The molecule has 0 aliphatic carbocycles. The number of carbonyl (C=O) groups is 1. The minimum Gasteiger partial charge on any atom is -0.466 e. The molecule has 18 heavy (non-hydrogen) atoms. The van der Waals surface area contributed by atoms with E-state index in [0.29, 0.717) is 6.04 Å². The number of ether oxygens (including phenoxy) is 1. The SMILES string of the molecule is CCC(=CCN1CCN(C)C(CC)C1)C(=O)OC. The maximum Gasteiger partial charge on any atom is 0.333 e. The van der Waals surface area contributed by atoms with Crippen LogP contribution in [0.2, 0.25) is 0 Å². The molecule has 0 aromatic heterocycles. The van der Waals surface area contributed by atoms with Crippen LogP contribution in [-0.4, -0.2) is 62.1 Å². The molecule has 4 nitrogen and oxygen atoms in total. The average Bonchev–Trinajstić information content (AvgIpc) is 2.40. The van der Waals surface area contributed by atoms with Gasteiger partial charge in [-0.25, -0.2) is 4.79 Å². The van der Waals surface area contributed by atoms with Gasteiger partial charge in [0.15, 0.2) is 0 Å². The fourth-order valence-corrected chi connectivity index (χ4v) is 2.36. The van der Waals surface area contributed by atoms with Gasteiger partial charge in [-0.05, 0) is 19.9 Å². The van der Waals surface area contributed by atoms with Gasteiger partial charge in [-0.15, -0.1) is 0 Å². The average molecular weight is 254 g/mol. The Balaban J connectivity index is 2.52. The molecule has 0 spiro atoms. The van der Waals surface area contributed by atoms with Gasteiger partial charge in [0.25, 0.3) is 0 Å². The zero-order valence-electron chi connectivity index (χ0n) is 12.1. The monoisotopic (exact) mass is 254 g/mol. The Morgan fingerprint density at radius 3 is 2.67 bits per heavy atom. The van der Waals surface area contributed by atoms with Crippen molar-refractivity contribution in [2.75, 3.05) is 40.3 Å². The van der Waals surface area contributed by atoms with E-state index >= 15 is 0 Å². The Labute approximate surface area is 111 Å². The summed E-state index contributed by atoms with van der Waals surface area (Å²) < 4.78 is 4.77. The highest BCUT2D eigenvalue weighted by atomic mass is 16.5. The molecule has 1 unspecified atom stereocenters. The van der Waals surface area contributed by atoms with Gasteiger partial charge >= 0.3 is 5.97 Å². The van der Waals surface area contributed by atoms with Crippen LogP contribution in [-0.2, 0) is 9.53 Å². The van der Waals surface area contributed by atoms with E-state index < -0.39 is 0 Å². The summed E-state index contributed by atoms with van der Waals surface area (Å²) >= 11 is 0. The molecule has 0 aromatic rings. The number of esters is 1. The Hall–Kier alpha value is -0.870. The number of likely N-dealkylation sites (N-methyl/N-ethyl adjacent to an activating group) is 1. The summed E-state index contributed by atoms with van der Waals surface area (Å²) in [6.45, 7) is 8.33. The normalized spacial score (nSPS) is 23.1. The molecule has 0 N–H and O–H groups in total. The first kappa shape index (κ1) is 15.2.